The monoisotopic (exact) mass is 177 g/mol. The zero-order valence-electron chi connectivity index (χ0n) is 7.86. The molecule has 2 N–H and O–H groups in total. The quantitative estimate of drug-likeness (QED) is 0.716. The lowest BCUT2D eigenvalue weighted by Crippen LogP contribution is -2.04. The summed E-state index contributed by atoms with van der Waals surface area (Å²) in [7, 11) is 0. The number of hydrogen-bond acceptors (Lipinski definition) is 2. The number of nitrogens with two attached hydrogens (primary N) is 1. The van der Waals surface area contributed by atoms with Gasteiger partial charge in [0.05, 0.1) is 0 Å². The van der Waals surface area contributed by atoms with Crippen LogP contribution in [0, 0.1) is 0 Å². The van der Waals surface area contributed by atoms with Crippen LogP contribution in [-0.2, 0) is 0 Å². The van der Waals surface area contributed by atoms with Gasteiger partial charge in [-0.15, -0.1) is 0 Å². The van der Waals surface area contributed by atoms with Crippen molar-refractivity contribution in [3.63, 3.8) is 0 Å². The molecule has 0 unspecified atom stereocenters. The van der Waals surface area contributed by atoms with Gasteiger partial charge in [0.2, 0.25) is 0 Å². The summed E-state index contributed by atoms with van der Waals surface area (Å²) in [5.41, 5.74) is 5.44. The van der Waals surface area contributed by atoms with Crippen molar-refractivity contribution in [2.45, 2.75) is 13.3 Å². The molecule has 0 fully saturated rings. The van der Waals surface area contributed by atoms with Crippen molar-refractivity contribution < 1.29 is 4.74 Å². The summed E-state index contributed by atoms with van der Waals surface area (Å²) in [6, 6.07) is 9.72. The number of para-hydroxylation sites is 1. The normalized spacial score (nSPS) is 11.4. The predicted octanol–water partition coefficient (Wildman–Crippen LogP) is 2.32. The van der Waals surface area contributed by atoms with Crippen LogP contribution in [0.2, 0.25) is 0 Å². The first-order chi connectivity index (χ1) is 6.36. The number of allylic oxidation sites excluding steroid dienone is 1. The van der Waals surface area contributed by atoms with E-state index in [4.69, 9.17) is 10.5 Å². The largest absolute Gasteiger partial charge is 0.462 e. The average Bonchev–Trinajstić information content (AvgIpc) is 2.19. The second kappa shape index (κ2) is 5.38. The molecule has 0 amide bonds. The molecule has 0 saturated heterocycles. The lowest BCUT2D eigenvalue weighted by atomic mass is 10.3. The predicted molar refractivity (Wildman–Crippen MR) is 54.5 cm³/mol. The van der Waals surface area contributed by atoms with Crippen LogP contribution in [0.1, 0.15) is 13.3 Å². The molecule has 0 radical (unpaired) electrons. The number of benzene rings is 1. The molecular weight excluding hydrogens is 162 g/mol. The SMILES string of the molecule is C/C=C(/CCN)Oc1ccccc1. The molecule has 1 aromatic rings. The molecule has 0 heterocycles. The first-order valence-corrected chi connectivity index (χ1v) is 4.45. The van der Waals surface area contributed by atoms with Gasteiger partial charge in [0.1, 0.15) is 11.5 Å². The fourth-order valence-electron chi connectivity index (χ4n) is 1.04. The molecule has 1 rings (SSSR count). The minimum absolute atomic E-state index is 0.618. The van der Waals surface area contributed by atoms with E-state index in [1.165, 1.54) is 0 Å². The molecule has 13 heavy (non-hydrogen) atoms. The summed E-state index contributed by atoms with van der Waals surface area (Å²) < 4.78 is 5.59. The highest BCUT2D eigenvalue weighted by atomic mass is 16.5. The molecule has 2 nitrogen and oxygen atoms in total. The molecule has 1 aromatic carbocycles. The highest BCUT2D eigenvalue weighted by Crippen LogP contribution is 2.13. The van der Waals surface area contributed by atoms with Gasteiger partial charge in [0, 0.05) is 6.42 Å². The van der Waals surface area contributed by atoms with Crippen molar-refractivity contribution in [2.75, 3.05) is 6.54 Å². The van der Waals surface area contributed by atoms with Crippen LogP contribution >= 0.6 is 0 Å². The molecule has 0 atom stereocenters. The van der Waals surface area contributed by atoms with Crippen LogP contribution in [0.4, 0.5) is 0 Å². The third-order valence-corrected chi connectivity index (χ3v) is 1.70. The van der Waals surface area contributed by atoms with E-state index in [0.717, 1.165) is 17.9 Å². The fourth-order valence-corrected chi connectivity index (χ4v) is 1.04. The molecule has 0 aliphatic rings. The van der Waals surface area contributed by atoms with E-state index in [1.807, 2.05) is 43.3 Å². The Labute approximate surface area is 79.0 Å². The first-order valence-electron chi connectivity index (χ1n) is 4.45. The van der Waals surface area contributed by atoms with Gasteiger partial charge in [-0.25, -0.2) is 0 Å². The average molecular weight is 177 g/mol. The van der Waals surface area contributed by atoms with Crippen molar-refractivity contribution in [2.24, 2.45) is 5.73 Å². The van der Waals surface area contributed by atoms with Crippen LogP contribution in [0.3, 0.4) is 0 Å². The summed E-state index contributed by atoms with van der Waals surface area (Å²) in [5.74, 6) is 1.79. The van der Waals surface area contributed by atoms with Gasteiger partial charge >= 0.3 is 0 Å². The maximum atomic E-state index is 5.59. The molecule has 0 bridgehead atoms. The summed E-state index contributed by atoms with van der Waals surface area (Å²) in [6.07, 6.45) is 2.73. The van der Waals surface area contributed by atoms with Crippen LogP contribution in [0.5, 0.6) is 5.75 Å². The highest BCUT2D eigenvalue weighted by Gasteiger charge is 1.96. The molecule has 0 aliphatic carbocycles. The van der Waals surface area contributed by atoms with E-state index in [1.54, 1.807) is 0 Å². The summed E-state index contributed by atoms with van der Waals surface area (Å²) >= 11 is 0. The van der Waals surface area contributed by atoms with Crippen LogP contribution in [0.25, 0.3) is 0 Å². The smallest absolute Gasteiger partial charge is 0.126 e. The van der Waals surface area contributed by atoms with E-state index in [9.17, 15) is 0 Å². The van der Waals surface area contributed by atoms with E-state index < -0.39 is 0 Å². The standard InChI is InChI=1S/C11H15NO/c1-2-10(8-9-12)13-11-6-4-3-5-7-11/h2-7H,8-9,12H2,1H3/b10-2-. The first kappa shape index (κ1) is 9.81. The van der Waals surface area contributed by atoms with Crippen LogP contribution < -0.4 is 10.5 Å². The van der Waals surface area contributed by atoms with Crippen molar-refractivity contribution in [3.05, 3.63) is 42.2 Å². The van der Waals surface area contributed by atoms with E-state index in [0.29, 0.717) is 6.54 Å². The lowest BCUT2D eigenvalue weighted by Gasteiger charge is -2.07. The van der Waals surface area contributed by atoms with Gasteiger partial charge in [-0.2, -0.15) is 0 Å². The Balaban J connectivity index is 2.58. The Bertz CT molecular complexity index is 267. The van der Waals surface area contributed by atoms with Crippen molar-refractivity contribution in [1.29, 1.82) is 0 Å². The van der Waals surface area contributed by atoms with Gasteiger partial charge in [0.25, 0.3) is 0 Å². The molecule has 0 saturated carbocycles. The van der Waals surface area contributed by atoms with E-state index in [2.05, 4.69) is 0 Å². The van der Waals surface area contributed by atoms with Gasteiger partial charge in [-0.3, -0.25) is 0 Å². The van der Waals surface area contributed by atoms with Gasteiger partial charge < -0.3 is 10.5 Å². The molecule has 70 valence electrons. The zero-order chi connectivity index (χ0) is 9.52. The Hall–Kier alpha value is -1.28. The summed E-state index contributed by atoms with van der Waals surface area (Å²) in [6.45, 7) is 2.57. The van der Waals surface area contributed by atoms with Crippen LogP contribution in [-0.4, -0.2) is 6.54 Å². The molecule has 0 aliphatic heterocycles. The molecular formula is C11H15NO. The van der Waals surface area contributed by atoms with Crippen molar-refractivity contribution >= 4 is 0 Å². The maximum absolute atomic E-state index is 5.59. The summed E-state index contributed by atoms with van der Waals surface area (Å²) in [5, 5.41) is 0. The van der Waals surface area contributed by atoms with Crippen molar-refractivity contribution in [1.82, 2.24) is 0 Å². The number of rotatable bonds is 4. The Kier molecular flexibility index (Phi) is 4.06. The van der Waals surface area contributed by atoms with Gasteiger partial charge in [0.15, 0.2) is 0 Å². The molecule has 2 heteroatoms. The number of ether oxygens (including phenoxy) is 1. The minimum atomic E-state index is 0.618. The van der Waals surface area contributed by atoms with Gasteiger partial charge in [-0.1, -0.05) is 18.2 Å². The Morgan fingerprint density at radius 3 is 2.62 bits per heavy atom. The van der Waals surface area contributed by atoms with Crippen molar-refractivity contribution in [3.8, 4) is 5.75 Å². The van der Waals surface area contributed by atoms with E-state index >= 15 is 0 Å². The third-order valence-electron chi connectivity index (χ3n) is 1.70. The Morgan fingerprint density at radius 1 is 1.38 bits per heavy atom. The highest BCUT2D eigenvalue weighted by molar-refractivity contribution is 5.23. The molecule has 0 aromatic heterocycles. The molecule has 0 spiro atoms. The maximum Gasteiger partial charge on any atom is 0.126 e. The van der Waals surface area contributed by atoms with Gasteiger partial charge in [-0.05, 0) is 31.7 Å². The second-order valence-electron chi connectivity index (χ2n) is 2.71. The fraction of sp³-hybridized carbons (Fsp3) is 0.273. The zero-order valence-corrected chi connectivity index (χ0v) is 7.86. The Morgan fingerprint density at radius 2 is 2.08 bits per heavy atom. The lowest BCUT2D eigenvalue weighted by molar-refractivity contribution is 0.404. The van der Waals surface area contributed by atoms with E-state index in [-0.39, 0.29) is 0 Å². The minimum Gasteiger partial charge on any atom is -0.462 e. The second-order valence-corrected chi connectivity index (χ2v) is 2.71. The number of hydrogen-bond donors (Lipinski definition) is 1. The summed E-state index contributed by atoms with van der Waals surface area (Å²) in [4.78, 5) is 0. The topological polar surface area (TPSA) is 35.2 Å². The van der Waals surface area contributed by atoms with Crippen LogP contribution in [0.15, 0.2) is 42.2 Å². The third kappa shape index (κ3) is 3.30.